The van der Waals surface area contributed by atoms with Crippen molar-refractivity contribution in [2.45, 2.75) is 13.5 Å². The van der Waals surface area contributed by atoms with E-state index in [1.54, 1.807) is 18.1 Å². The van der Waals surface area contributed by atoms with Crippen molar-refractivity contribution in [3.05, 3.63) is 53.2 Å². The lowest BCUT2D eigenvalue weighted by Crippen LogP contribution is -2.33. The fraction of sp³-hybridized carbons (Fsp3) is 0.312. The van der Waals surface area contributed by atoms with E-state index >= 15 is 0 Å². The zero-order chi connectivity index (χ0) is 16.8. The quantitative estimate of drug-likeness (QED) is 0.839. The second-order valence-electron chi connectivity index (χ2n) is 4.97. The van der Waals surface area contributed by atoms with Gasteiger partial charge in [-0.3, -0.25) is 4.79 Å². The summed E-state index contributed by atoms with van der Waals surface area (Å²) in [7, 11) is 1.55. The molecule has 0 fully saturated rings. The molecule has 7 heteroatoms. The predicted molar refractivity (Wildman–Crippen MR) is 81.3 cm³/mol. The van der Waals surface area contributed by atoms with Crippen LogP contribution in [0, 0.1) is 6.92 Å². The Hall–Kier alpha value is -2.67. The molecule has 0 aliphatic heterocycles. The van der Waals surface area contributed by atoms with E-state index in [9.17, 15) is 9.59 Å². The summed E-state index contributed by atoms with van der Waals surface area (Å²) in [5.74, 6) is -0.0681. The predicted octanol–water partition coefficient (Wildman–Crippen LogP) is 1.97. The van der Waals surface area contributed by atoms with Gasteiger partial charge in [-0.15, -0.1) is 0 Å². The van der Waals surface area contributed by atoms with Crippen LogP contribution in [0.15, 0.2) is 34.9 Å². The lowest BCUT2D eigenvalue weighted by Gasteiger charge is -2.21. The Kier molecular flexibility index (Phi) is 5.48. The van der Waals surface area contributed by atoms with E-state index in [0.717, 1.165) is 5.76 Å². The van der Waals surface area contributed by atoms with E-state index in [2.05, 4.69) is 4.98 Å². The number of carbonyl (C=O) groups excluding carboxylic acids is 1. The molecule has 1 N–H and O–H groups in total. The van der Waals surface area contributed by atoms with Crippen LogP contribution in [0.5, 0.6) is 0 Å². The van der Waals surface area contributed by atoms with Crippen molar-refractivity contribution in [2.75, 3.05) is 20.3 Å². The second-order valence-corrected chi connectivity index (χ2v) is 4.97. The number of carboxylic acids is 1. The first-order chi connectivity index (χ1) is 11.0. The van der Waals surface area contributed by atoms with Gasteiger partial charge in [0.2, 0.25) is 0 Å². The Morgan fingerprint density at radius 1 is 1.35 bits per heavy atom. The Balaban J connectivity index is 2.21. The smallest absolute Gasteiger partial charge is 0.354 e. The van der Waals surface area contributed by atoms with Crippen LogP contribution in [0.25, 0.3) is 0 Å². The number of pyridine rings is 1. The standard InChI is InChI=1S/C16H18N2O5/c1-11-3-4-13(23-11)10-18(7-8-22-2)15(19)12-5-6-17-14(9-12)16(20)21/h3-6,9H,7-8,10H2,1-2H3,(H,20,21). The molecule has 2 aromatic heterocycles. The van der Waals surface area contributed by atoms with Gasteiger partial charge < -0.3 is 19.2 Å². The van der Waals surface area contributed by atoms with E-state index in [0.29, 0.717) is 18.9 Å². The van der Waals surface area contributed by atoms with E-state index in [4.69, 9.17) is 14.3 Å². The highest BCUT2D eigenvalue weighted by Crippen LogP contribution is 2.13. The highest BCUT2D eigenvalue weighted by molar-refractivity contribution is 5.96. The van der Waals surface area contributed by atoms with Crippen LogP contribution < -0.4 is 0 Å². The normalized spacial score (nSPS) is 10.5. The molecule has 0 spiro atoms. The van der Waals surface area contributed by atoms with Crippen molar-refractivity contribution in [3.8, 4) is 0 Å². The summed E-state index contributed by atoms with van der Waals surface area (Å²) in [5, 5.41) is 8.99. The minimum absolute atomic E-state index is 0.170. The van der Waals surface area contributed by atoms with E-state index in [1.165, 1.54) is 18.3 Å². The van der Waals surface area contributed by atoms with Gasteiger partial charge in [0, 0.05) is 25.4 Å². The maximum Gasteiger partial charge on any atom is 0.354 e. The van der Waals surface area contributed by atoms with Crippen molar-refractivity contribution in [2.24, 2.45) is 0 Å². The molecule has 1 amide bonds. The number of rotatable bonds is 7. The van der Waals surface area contributed by atoms with Crippen molar-refractivity contribution in [1.82, 2.24) is 9.88 Å². The minimum atomic E-state index is -1.18. The summed E-state index contributed by atoms with van der Waals surface area (Å²) in [4.78, 5) is 28.9. The van der Waals surface area contributed by atoms with E-state index < -0.39 is 5.97 Å². The number of hydrogen-bond acceptors (Lipinski definition) is 5. The third kappa shape index (κ3) is 4.40. The number of furan rings is 1. The molecule has 0 bridgehead atoms. The van der Waals surface area contributed by atoms with Crippen LogP contribution >= 0.6 is 0 Å². The first-order valence-electron chi connectivity index (χ1n) is 7.04. The molecule has 2 rings (SSSR count). The van der Waals surface area contributed by atoms with Crippen molar-refractivity contribution in [3.63, 3.8) is 0 Å². The molecule has 0 radical (unpaired) electrons. The first-order valence-corrected chi connectivity index (χ1v) is 7.04. The number of nitrogens with zero attached hydrogens (tertiary/aromatic N) is 2. The average Bonchev–Trinajstić information content (AvgIpc) is 2.96. The molecule has 2 heterocycles. The molecule has 0 aliphatic carbocycles. The van der Waals surface area contributed by atoms with E-state index in [1.807, 2.05) is 13.0 Å². The molecule has 0 atom stereocenters. The van der Waals surface area contributed by atoms with Crippen molar-refractivity contribution in [1.29, 1.82) is 0 Å². The van der Waals surface area contributed by atoms with Gasteiger partial charge in [-0.25, -0.2) is 9.78 Å². The Morgan fingerprint density at radius 2 is 2.13 bits per heavy atom. The van der Waals surface area contributed by atoms with Gasteiger partial charge >= 0.3 is 5.97 Å². The number of hydrogen-bond donors (Lipinski definition) is 1. The number of carbonyl (C=O) groups is 2. The molecule has 0 unspecified atom stereocenters. The Bertz CT molecular complexity index is 695. The van der Waals surface area contributed by atoms with Crippen LogP contribution in [-0.2, 0) is 11.3 Å². The number of ether oxygens (including phenoxy) is 1. The summed E-state index contributed by atoms with van der Waals surface area (Å²) < 4.78 is 10.5. The molecule has 0 aromatic carbocycles. The SMILES string of the molecule is COCCN(Cc1ccc(C)o1)C(=O)c1ccnc(C(=O)O)c1. The Labute approximate surface area is 133 Å². The highest BCUT2D eigenvalue weighted by atomic mass is 16.5. The molecule has 0 saturated carbocycles. The molecule has 7 nitrogen and oxygen atoms in total. The summed E-state index contributed by atoms with van der Waals surface area (Å²) in [5.41, 5.74) is 0.0909. The minimum Gasteiger partial charge on any atom is -0.477 e. The molecule has 0 saturated heterocycles. The number of aromatic nitrogens is 1. The van der Waals surface area contributed by atoms with Gasteiger partial charge in [0.15, 0.2) is 0 Å². The van der Waals surface area contributed by atoms with Crippen LogP contribution in [0.3, 0.4) is 0 Å². The van der Waals surface area contributed by atoms with Crippen molar-refractivity contribution >= 4 is 11.9 Å². The molecular formula is C16H18N2O5. The van der Waals surface area contributed by atoms with Gasteiger partial charge in [0.25, 0.3) is 5.91 Å². The van der Waals surface area contributed by atoms with Crippen LogP contribution in [0.1, 0.15) is 32.4 Å². The lowest BCUT2D eigenvalue weighted by atomic mass is 10.2. The van der Waals surface area contributed by atoms with Gasteiger partial charge in [0.1, 0.15) is 17.2 Å². The fourth-order valence-corrected chi connectivity index (χ4v) is 2.08. The van der Waals surface area contributed by atoms with Gasteiger partial charge in [0.05, 0.1) is 13.2 Å². The van der Waals surface area contributed by atoms with Gasteiger partial charge in [-0.1, -0.05) is 0 Å². The van der Waals surface area contributed by atoms with Crippen LogP contribution in [0.4, 0.5) is 0 Å². The van der Waals surface area contributed by atoms with Crippen molar-refractivity contribution < 1.29 is 23.8 Å². The second kappa shape index (κ2) is 7.55. The Morgan fingerprint density at radius 3 is 2.74 bits per heavy atom. The van der Waals surface area contributed by atoms with Gasteiger partial charge in [-0.2, -0.15) is 0 Å². The van der Waals surface area contributed by atoms with Crippen LogP contribution in [-0.4, -0.2) is 47.1 Å². The number of amides is 1. The lowest BCUT2D eigenvalue weighted by molar-refractivity contribution is 0.0665. The number of carboxylic acid groups (broad SMARTS) is 1. The zero-order valence-corrected chi connectivity index (χ0v) is 13.0. The molecule has 23 heavy (non-hydrogen) atoms. The largest absolute Gasteiger partial charge is 0.477 e. The molecular weight excluding hydrogens is 300 g/mol. The summed E-state index contributed by atoms with van der Waals surface area (Å²) >= 11 is 0. The summed E-state index contributed by atoms with van der Waals surface area (Å²) in [6, 6.07) is 6.38. The molecule has 0 aliphatic rings. The van der Waals surface area contributed by atoms with Gasteiger partial charge in [-0.05, 0) is 31.2 Å². The monoisotopic (exact) mass is 318 g/mol. The number of aryl methyl sites for hydroxylation is 1. The van der Waals surface area contributed by atoms with E-state index in [-0.39, 0.29) is 23.7 Å². The third-order valence-electron chi connectivity index (χ3n) is 3.22. The zero-order valence-electron chi connectivity index (χ0n) is 13.0. The topological polar surface area (TPSA) is 92.9 Å². The number of aromatic carboxylic acids is 1. The fourth-order valence-electron chi connectivity index (χ4n) is 2.08. The maximum absolute atomic E-state index is 12.6. The number of methoxy groups -OCH3 is 1. The summed E-state index contributed by atoms with van der Waals surface area (Å²) in [6.07, 6.45) is 1.31. The molecule has 2 aromatic rings. The van der Waals surface area contributed by atoms with Crippen LogP contribution in [0.2, 0.25) is 0 Å². The first kappa shape index (κ1) is 16.7. The highest BCUT2D eigenvalue weighted by Gasteiger charge is 2.19. The third-order valence-corrected chi connectivity index (χ3v) is 3.22. The maximum atomic E-state index is 12.6. The molecule has 122 valence electrons. The average molecular weight is 318 g/mol. The summed E-state index contributed by atoms with van der Waals surface area (Å²) in [6.45, 7) is 2.83.